The minimum Gasteiger partial charge on any atom is -0.491 e. The van der Waals surface area contributed by atoms with Crippen LogP contribution in [0.1, 0.15) is 44.9 Å². The molecule has 3 amide bonds. The van der Waals surface area contributed by atoms with Crippen molar-refractivity contribution in [1.82, 2.24) is 15.0 Å². The molecule has 2 atom stereocenters. The molecule has 0 N–H and O–H groups in total. The number of hydrogen-bond acceptors (Lipinski definition) is 6. The highest BCUT2D eigenvalue weighted by atomic mass is 35.5. The lowest BCUT2D eigenvalue weighted by Gasteiger charge is -2.45. The second-order valence-corrected chi connectivity index (χ2v) is 12.7. The molecule has 3 aromatic carbocycles. The van der Waals surface area contributed by atoms with Crippen LogP contribution < -0.4 is 9.64 Å². The number of rotatable bonds is 8. The van der Waals surface area contributed by atoms with Gasteiger partial charge in [0.05, 0.1) is 22.7 Å². The van der Waals surface area contributed by atoms with Crippen LogP contribution in [-0.2, 0) is 17.9 Å². The highest BCUT2D eigenvalue weighted by Gasteiger charge is 2.60. The third-order valence-corrected chi connectivity index (χ3v) is 9.11. The average Bonchev–Trinajstić information content (AvgIpc) is 3.53. The Labute approximate surface area is 271 Å². The van der Waals surface area contributed by atoms with Crippen molar-refractivity contribution in [1.29, 1.82) is 0 Å². The van der Waals surface area contributed by atoms with Crippen molar-refractivity contribution in [3.63, 3.8) is 0 Å². The van der Waals surface area contributed by atoms with Crippen molar-refractivity contribution in [2.45, 2.75) is 64.4 Å². The van der Waals surface area contributed by atoms with Crippen LogP contribution >= 0.6 is 23.2 Å². The fraction of sp³-hybridized carbons (Fsp3) is 0.324. The van der Waals surface area contributed by atoms with Crippen molar-refractivity contribution in [2.24, 2.45) is 0 Å². The summed E-state index contributed by atoms with van der Waals surface area (Å²) in [5.41, 5.74) is 1.30. The van der Waals surface area contributed by atoms with Gasteiger partial charge in [0.2, 0.25) is 0 Å². The van der Waals surface area contributed by atoms with Crippen molar-refractivity contribution in [3.05, 3.63) is 99.9 Å². The monoisotopic (exact) mass is 650 g/mol. The van der Waals surface area contributed by atoms with Gasteiger partial charge in [-0.3, -0.25) is 19.5 Å². The summed E-state index contributed by atoms with van der Waals surface area (Å²) in [7, 11) is 0. The quantitative estimate of drug-likeness (QED) is 0.180. The molecule has 234 valence electrons. The van der Waals surface area contributed by atoms with Gasteiger partial charge in [0.15, 0.2) is 5.76 Å². The summed E-state index contributed by atoms with van der Waals surface area (Å²) in [5, 5.41) is 4.90. The predicted octanol–water partition coefficient (Wildman–Crippen LogP) is 7.97. The van der Waals surface area contributed by atoms with Crippen LogP contribution in [0.3, 0.4) is 0 Å². The first-order valence-electron chi connectivity index (χ1n) is 14.9. The SMILES string of the molecule is CC(C)Oc1cccc(CN2CCC3(C[C@@H]2C)C(=O)N(Cc2cc(-c4ccc(Cl)c(Cl)c4)on2)C(=O)N3c2cccc(F)c2)c1. The lowest BCUT2D eigenvalue weighted by atomic mass is 9.81. The van der Waals surface area contributed by atoms with Crippen molar-refractivity contribution < 1.29 is 23.2 Å². The number of amides is 3. The van der Waals surface area contributed by atoms with E-state index in [2.05, 4.69) is 23.0 Å². The summed E-state index contributed by atoms with van der Waals surface area (Å²) >= 11 is 12.2. The Morgan fingerprint density at radius 2 is 1.82 bits per heavy atom. The summed E-state index contributed by atoms with van der Waals surface area (Å²) in [4.78, 5) is 33.3. The molecule has 0 radical (unpaired) electrons. The largest absolute Gasteiger partial charge is 0.491 e. The number of aromatic nitrogens is 1. The van der Waals surface area contributed by atoms with Crippen LogP contribution in [-0.4, -0.2) is 51.1 Å². The van der Waals surface area contributed by atoms with Crippen molar-refractivity contribution in [3.8, 4) is 17.1 Å². The maximum atomic E-state index is 14.5. The molecule has 1 spiro atoms. The number of urea groups is 1. The summed E-state index contributed by atoms with van der Waals surface area (Å²) < 4.78 is 25.9. The standard InChI is InChI=1S/C34H33Cl2FN4O4/c1-21(2)44-28-9-4-6-23(14-28)19-39-13-12-34(18-22(39)3)32(42)40(33(43)41(34)27-8-5-7-25(37)16-27)20-26-17-31(45-38-26)24-10-11-29(35)30(36)15-24/h4-11,14-17,21-22H,12-13,18-20H2,1-3H3/t22-,34?/m0/s1. The number of carbonyl (C=O) groups excluding carboxylic acids is 2. The molecule has 2 saturated heterocycles. The summed E-state index contributed by atoms with van der Waals surface area (Å²) in [6.07, 6.45) is 0.821. The molecule has 1 unspecified atom stereocenters. The predicted molar refractivity (Wildman–Crippen MR) is 171 cm³/mol. The number of ether oxygens (including phenoxy) is 1. The van der Waals surface area contributed by atoms with E-state index < -0.39 is 17.4 Å². The third kappa shape index (κ3) is 6.17. The minimum absolute atomic E-state index is 0.0607. The van der Waals surface area contributed by atoms with Gasteiger partial charge in [-0.15, -0.1) is 0 Å². The number of halogens is 3. The van der Waals surface area contributed by atoms with Crippen LogP contribution in [0.15, 0.2) is 77.3 Å². The molecular formula is C34H33Cl2FN4O4. The first-order valence-corrected chi connectivity index (χ1v) is 15.6. The van der Waals surface area contributed by atoms with Gasteiger partial charge >= 0.3 is 6.03 Å². The van der Waals surface area contributed by atoms with Gasteiger partial charge in [0.25, 0.3) is 5.91 Å². The molecule has 2 aliphatic rings. The third-order valence-electron chi connectivity index (χ3n) is 8.37. The minimum atomic E-state index is -1.18. The van der Waals surface area contributed by atoms with Gasteiger partial charge in [0.1, 0.15) is 22.8 Å². The lowest BCUT2D eigenvalue weighted by molar-refractivity contribution is -0.133. The first-order chi connectivity index (χ1) is 21.5. The lowest BCUT2D eigenvalue weighted by Crippen LogP contribution is -2.59. The van der Waals surface area contributed by atoms with Crippen LogP contribution in [0.25, 0.3) is 11.3 Å². The number of nitrogens with zero attached hydrogens (tertiary/aromatic N) is 4. The molecule has 4 aromatic rings. The zero-order valence-corrected chi connectivity index (χ0v) is 26.7. The first kappa shape index (κ1) is 31.1. The Bertz CT molecular complexity index is 1750. The van der Waals surface area contributed by atoms with E-state index in [4.69, 9.17) is 32.5 Å². The van der Waals surface area contributed by atoms with Gasteiger partial charge in [0, 0.05) is 36.4 Å². The topological polar surface area (TPSA) is 79.1 Å². The Kier molecular flexibility index (Phi) is 8.61. The molecule has 2 aliphatic heterocycles. The molecule has 3 heterocycles. The number of likely N-dealkylation sites (tertiary alicyclic amines) is 1. The van der Waals surface area contributed by atoms with Gasteiger partial charge < -0.3 is 9.26 Å². The number of benzene rings is 3. The highest BCUT2D eigenvalue weighted by molar-refractivity contribution is 6.42. The molecule has 6 rings (SSSR count). The van der Waals surface area contributed by atoms with E-state index in [9.17, 15) is 14.0 Å². The fourth-order valence-electron chi connectivity index (χ4n) is 6.31. The van der Waals surface area contributed by atoms with E-state index in [1.165, 1.54) is 21.9 Å². The number of carbonyl (C=O) groups is 2. The maximum absolute atomic E-state index is 14.5. The van der Waals surface area contributed by atoms with Crippen LogP contribution in [0.4, 0.5) is 14.9 Å². The molecule has 0 aliphatic carbocycles. The molecule has 0 saturated carbocycles. The Morgan fingerprint density at radius 1 is 1.02 bits per heavy atom. The van der Waals surface area contributed by atoms with Crippen molar-refractivity contribution >= 4 is 40.8 Å². The van der Waals surface area contributed by atoms with Crippen LogP contribution in [0, 0.1) is 5.82 Å². The summed E-state index contributed by atoms with van der Waals surface area (Å²) in [6, 6.07) is 20.0. The second kappa shape index (κ2) is 12.5. The molecular weight excluding hydrogens is 618 g/mol. The van der Waals surface area contributed by atoms with E-state index in [0.717, 1.165) is 11.3 Å². The van der Waals surface area contributed by atoms with Gasteiger partial charge in [-0.05, 0) is 87.7 Å². The average molecular weight is 652 g/mol. The second-order valence-electron chi connectivity index (χ2n) is 11.9. The molecule has 8 nitrogen and oxygen atoms in total. The Morgan fingerprint density at radius 3 is 2.56 bits per heavy atom. The van der Waals surface area contributed by atoms with E-state index in [1.807, 2.05) is 32.0 Å². The van der Waals surface area contributed by atoms with Gasteiger partial charge in [-0.2, -0.15) is 0 Å². The van der Waals surface area contributed by atoms with Crippen molar-refractivity contribution in [2.75, 3.05) is 11.4 Å². The molecule has 0 bridgehead atoms. The smallest absolute Gasteiger partial charge is 0.332 e. The molecule has 2 fully saturated rings. The summed E-state index contributed by atoms with van der Waals surface area (Å²) in [5.74, 6) is 0.403. The number of anilines is 1. The Hall–Kier alpha value is -3.92. The highest BCUT2D eigenvalue weighted by Crippen LogP contribution is 2.43. The maximum Gasteiger partial charge on any atom is 0.332 e. The normalized spacial score (nSPS) is 20.6. The van der Waals surface area contributed by atoms with Crippen LogP contribution in [0.5, 0.6) is 5.75 Å². The Balaban J connectivity index is 1.26. The van der Waals surface area contributed by atoms with E-state index >= 15 is 0 Å². The van der Waals surface area contributed by atoms with E-state index in [-0.39, 0.29) is 24.6 Å². The number of imide groups is 1. The zero-order chi connectivity index (χ0) is 31.9. The molecule has 1 aromatic heterocycles. The zero-order valence-electron chi connectivity index (χ0n) is 25.2. The van der Waals surface area contributed by atoms with Crippen LogP contribution in [0.2, 0.25) is 10.0 Å². The molecule has 11 heteroatoms. The van der Waals surface area contributed by atoms with Gasteiger partial charge in [-0.25, -0.2) is 9.18 Å². The van der Waals surface area contributed by atoms with E-state index in [0.29, 0.717) is 58.7 Å². The molecule has 45 heavy (non-hydrogen) atoms. The van der Waals surface area contributed by atoms with E-state index in [1.54, 1.807) is 36.4 Å². The number of piperidine rings is 1. The number of hydrogen-bond donors (Lipinski definition) is 0. The fourth-order valence-corrected chi connectivity index (χ4v) is 6.61. The van der Waals surface area contributed by atoms with Gasteiger partial charge in [-0.1, -0.05) is 46.6 Å². The summed E-state index contributed by atoms with van der Waals surface area (Å²) in [6.45, 7) is 7.15.